The lowest BCUT2D eigenvalue weighted by molar-refractivity contribution is -0.384. The number of nitrogens with zero attached hydrogens (tertiary/aromatic N) is 3. The first kappa shape index (κ1) is 24.4. The Balaban J connectivity index is 2.65. The molecule has 1 aromatic heterocycles. The third-order valence-electron chi connectivity index (χ3n) is 4.17. The van der Waals surface area contributed by atoms with Gasteiger partial charge in [-0.3, -0.25) is 14.9 Å². The number of nitrogens with two attached hydrogens (primary N) is 1. The molecule has 1 atom stereocenters. The number of carbonyl (C=O) groups is 2. The smallest absolute Gasteiger partial charge is 0.408 e. The van der Waals surface area contributed by atoms with Crippen LogP contribution in [0.3, 0.4) is 0 Å². The molecular weight excluding hydrogens is 428 g/mol. The highest BCUT2D eigenvalue weighted by atomic mass is 19.3. The fourth-order valence-electron chi connectivity index (χ4n) is 2.94. The fraction of sp³-hybridized carbons (Fsp3) is 0.350. The van der Waals surface area contributed by atoms with Gasteiger partial charge >= 0.3 is 18.3 Å². The second-order valence-electron chi connectivity index (χ2n) is 7.79. The van der Waals surface area contributed by atoms with E-state index in [1.807, 2.05) is 0 Å². The van der Waals surface area contributed by atoms with Gasteiger partial charge in [-0.05, 0) is 51.0 Å². The summed E-state index contributed by atoms with van der Waals surface area (Å²) in [5.41, 5.74) is 3.48. The van der Waals surface area contributed by atoms with Crippen LogP contribution in [0.2, 0.25) is 0 Å². The lowest BCUT2D eigenvalue weighted by atomic mass is 9.96. The van der Waals surface area contributed by atoms with E-state index in [-0.39, 0.29) is 27.8 Å². The Morgan fingerprint density at radius 2 is 2.03 bits per heavy atom. The third kappa shape index (κ3) is 5.86. The van der Waals surface area contributed by atoms with E-state index >= 15 is 0 Å². The second-order valence-corrected chi connectivity index (χ2v) is 7.79. The van der Waals surface area contributed by atoms with Crippen molar-refractivity contribution in [1.29, 1.82) is 0 Å². The molecule has 12 heteroatoms. The van der Waals surface area contributed by atoms with E-state index in [2.05, 4.69) is 17.0 Å². The molecule has 10 nitrogen and oxygen atoms in total. The second kappa shape index (κ2) is 9.54. The van der Waals surface area contributed by atoms with Gasteiger partial charge in [0.15, 0.2) is 5.69 Å². The monoisotopic (exact) mass is 451 g/mol. The molecule has 3 N–H and O–H groups in total. The number of alkyl carbamates (subject to hydrolysis) is 1. The van der Waals surface area contributed by atoms with Crippen LogP contribution in [0.1, 0.15) is 55.7 Å². The molecule has 172 valence electrons. The summed E-state index contributed by atoms with van der Waals surface area (Å²) in [4.78, 5) is 34.7. The average molecular weight is 451 g/mol. The zero-order valence-corrected chi connectivity index (χ0v) is 17.7. The van der Waals surface area contributed by atoms with Gasteiger partial charge < -0.3 is 15.8 Å². The number of amides is 2. The zero-order chi connectivity index (χ0) is 24.2. The number of halogens is 2. The number of alkyl halides is 2. The number of hydrogen-bond acceptors (Lipinski definition) is 6. The van der Waals surface area contributed by atoms with Crippen molar-refractivity contribution in [2.45, 2.75) is 45.4 Å². The van der Waals surface area contributed by atoms with Crippen LogP contribution in [-0.2, 0) is 4.74 Å². The van der Waals surface area contributed by atoms with Gasteiger partial charge in [0.25, 0.3) is 0 Å². The van der Waals surface area contributed by atoms with Crippen molar-refractivity contribution in [3.05, 3.63) is 58.3 Å². The maximum Gasteiger partial charge on any atom is 0.408 e. The number of primary amides is 1. The molecule has 2 aromatic rings. The van der Waals surface area contributed by atoms with E-state index < -0.39 is 46.5 Å². The van der Waals surface area contributed by atoms with Crippen LogP contribution in [0.15, 0.2) is 37.1 Å². The summed E-state index contributed by atoms with van der Waals surface area (Å²) < 4.78 is 32.3. The van der Waals surface area contributed by atoms with Gasteiger partial charge in [-0.15, -0.1) is 6.58 Å². The maximum absolute atomic E-state index is 13.5. The molecule has 0 spiro atoms. The van der Waals surface area contributed by atoms with Crippen LogP contribution >= 0.6 is 0 Å². The Morgan fingerprint density at radius 1 is 1.38 bits per heavy atom. The van der Waals surface area contributed by atoms with E-state index in [4.69, 9.17) is 10.5 Å². The Kier molecular flexibility index (Phi) is 7.28. The quantitative estimate of drug-likeness (QED) is 0.352. The van der Waals surface area contributed by atoms with E-state index in [1.165, 1.54) is 18.2 Å². The highest BCUT2D eigenvalue weighted by Gasteiger charge is 2.28. The van der Waals surface area contributed by atoms with E-state index in [1.54, 1.807) is 20.8 Å². The minimum absolute atomic E-state index is 0.0964. The largest absolute Gasteiger partial charge is 0.444 e. The normalized spacial score (nSPS) is 12.3. The molecule has 0 bridgehead atoms. The van der Waals surface area contributed by atoms with Crippen LogP contribution in [0.4, 0.5) is 19.3 Å². The molecule has 2 amide bonds. The van der Waals surface area contributed by atoms with Gasteiger partial charge in [0.1, 0.15) is 11.8 Å². The van der Waals surface area contributed by atoms with E-state index in [9.17, 15) is 28.5 Å². The van der Waals surface area contributed by atoms with Crippen LogP contribution in [0.25, 0.3) is 11.3 Å². The molecule has 1 aromatic carbocycles. The SMILES string of the molecule is C=CC[C@H](NC(=O)OC(C)(C)C)c1cc(C(N)=O)cc(-c2c([N+](=O)[O-])cnn2C(F)F)c1. The molecule has 0 fully saturated rings. The summed E-state index contributed by atoms with van der Waals surface area (Å²) in [5.74, 6) is -0.895. The van der Waals surface area contributed by atoms with Crippen molar-refractivity contribution in [2.75, 3.05) is 0 Å². The number of aromatic nitrogens is 2. The Bertz CT molecular complexity index is 1050. The molecule has 0 unspecified atom stereocenters. The van der Waals surface area contributed by atoms with Crippen LogP contribution < -0.4 is 11.1 Å². The number of hydrogen-bond donors (Lipinski definition) is 2. The molecule has 0 aliphatic heterocycles. The molecule has 0 aliphatic carbocycles. The summed E-state index contributed by atoms with van der Waals surface area (Å²) in [7, 11) is 0. The van der Waals surface area contributed by atoms with Gasteiger partial charge in [-0.2, -0.15) is 18.6 Å². The van der Waals surface area contributed by atoms with Gasteiger partial charge in [-0.25, -0.2) is 4.79 Å². The van der Waals surface area contributed by atoms with Crippen molar-refractivity contribution < 1.29 is 28.0 Å². The molecule has 0 saturated heterocycles. The van der Waals surface area contributed by atoms with E-state index in [0.29, 0.717) is 6.20 Å². The third-order valence-corrected chi connectivity index (χ3v) is 4.17. The minimum atomic E-state index is -3.18. The van der Waals surface area contributed by atoms with Crippen LogP contribution in [0.5, 0.6) is 0 Å². The van der Waals surface area contributed by atoms with Crippen molar-refractivity contribution in [2.24, 2.45) is 5.73 Å². The molecule has 0 radical (unpaired) electrons. The first-order valence-electron chi connectivity index (χ1n) is 9.39. The maximum atomic E-state index is 13.5. The van der Waals surface area contributed by atoms with Crippen LogP contribution in [-0.4, -0.2) is 32.3 Å². The predicted octanol–water partition coefficient (Wildman–Crippen LogP) is 4.09. The number of benzene rings is 1. The van der Waals surface area contributed by atoms with Gasteiger partial charge in [0.05, 0.1) is 11.0 Å². The number of nitrogens with one attached hydrogen (secondary N) is 1. The predicted molar refractivity (Wildman–Crippen MR) is 111 cm³/mol. The highest BCUT2D eigenvalue weighted by Crippen LogP contribution is 2.35. The fourth-order valence-corrected chi connectivity index (χ4v) is 2.94. The molecule has 0 saturated carbocycles. The van der Waals surface area contributed by atoms with Crippen molar-refractivity contribution in [1.82, 2.24) is 15.1 Å². The number of rotatable bonds is 8. The summed E-state index contributed by atoms with van der Waals surface area (Å²) in [6.45, 7) is 5.46. The number of ether oxygens (including phenoxy) is 1. The summed E-state index contributed by atoms with van der Waals surface area (Å²) in [6.07, 6.45) is 1.60. The van der Waals surface area contributed by atoms with Gasteiger partial charge in [0, 0.05) is 11.1 Å². The molecule has 2 rings (SSSR count). The molecule has 32 heavy (non-hydrogen) atoms. The lowest BCUT2D eigenvalue weighted by Crippen LogP contribution is -2.35. The Hall–Kier alpha value is -3.83. The molecule has 0 aliphatic rings. The topological polar surface area (TPSA) is 142 Å². The summed E-state index contributed by atoms with van der Waals surface area (Å²) >= 11 is 0. The highest BCUT2D eigenvalue weighted by molar-refractivity contribution is 5.94. The first-order valence-corrected chi connectivity index (χ1v) is 9.39. The molecule has 1 heterocycles. The Labute approximate surface area is 182 Å². The lowest BCUT2D eigenvalue weighted by Gasteiger charge is -2.24. The van der Waals surface area contributed by atoms with Crippen LogP contribution in [0, 0.1) is 10.1 Å². The average Bonchev–Trinajstić information content (AvgIpc) is 3.11. The van der Waals surface area contributed by atoms with Crippen molar-refractivity contribution in [3.8, 4) is 11.3 Å². The summed E-state index contributed by atoms with van der Waals surface area (Å²) in [5, 5.41) is 17.4. The van der Waals surface area contributed by atoms with E-state index in [0.717, 1.165) is 6.07 Å². The Morgan fingerprint density at radius 3 is 2.53 bits per heavy atom. The minimum Gasteiger partial charge on any atom is -0.444 e. The number of carbonyl (C=O) groups excluding carboxylic acids is 2. The van der Waals surface area contributed by atoms with Gasteiger partial charge in [0.2, 0.25) is 5.91 Å². The molecular formula is C20H23F2N5O5. The van der Waals surface area contributed by atoms with Crippen molar-refractivity contribution in [3.63, 3.8) is 0 Å². The number of nitro groups is 1. The summed E-state index contributed by atoms with van der Waals surface area (Å²) in [6, 6.07) is 3.04. The van der Waals surface area contributed by atoms with Gasteiger partial charge in [-0.1, -0.05) is 6.08 Å². The zero-order valence-electron chi connectivity index (χ0n) is 17.7. The van der Waals surface area contributed by atoms with Crippen molar-refractivity contribution >= 4 is 17.7 Å². The first-order chi connectivity index (χ1) is 14.8. The standard InChI is InChI=1S/C20H23F2N5O5/c1-5-6-14(25-19(29)32-20(2,3)4)11-7-12(9-13(8-11)17(23)28)16-15(27(30)31)10-24-26(16)18(21)22/h5,7-10,14,18H,1,6H2,2-4H3,(H2,23,28)(H,25,29)/t14-/m0/s1.